The largest absolute Gasteiger partial charge is 0.497 e. The van der Waals surface area contributed by atoms with Crippen molar-refractivity contribution in [3.05, 3.63) is 77.6 Å². The van der Waals surface area contributed by atoms with Gasteiger partial charge in [0.2, 0.25) is 0 Å². The maximum Gasteiger partial charge on any atom is 0.118 e. The Hall–Kier alpha value is -2.63. The van der Waals surface area contributed by atoms with Crippen molar-refractivity contribution < 1.29 is 4.74 Å². The zero-order valence-electron chi connectivity index (χ0n) is 18.3. The Morgan fingerprint density at radius 2 is 1.63 bits per heavy atom. The van der Waals surface area contributed by atoms with Crippen molar-refractivity contribution in [2.75, 3.05) is 27.2 Å². The molecule has 0 atom stereocenters. The monoisotopic (exact) mass is 404 g/mol. The second kappa shape index (κ2) is 9.45. The summed E-state index contributed by atoms with van der Waals surface area (Å²) in [6.45, 7) is 6.27. The fourth-order valence-electron chi connectivity index (χ4n) is 4.15. The van der Waals surface area contributed by atoms with Crippen LogP contribution in [-0.4, -0.2) is 52.9 Å². The van der Waals surface area contributed by atoms with Crippen LogP contribution in [0.25, 0.3) is 5.69 Å². The topological polar surface area (TPSA) is 33.5 Å². The molecule has 5 nitrogen and oxygen atoms in total. The molecule has 1 aliphatic heterocycles. The number of hydrogen-bond donors (Lipinski definition) is 0. The molecule has 0 aliphatic carbocycles. The van der Waals surface area contributed by atoms with Gasteiger partial charge in [0.25, 0.3) is 0 Å². The highest BCUT2D eigenvalue weighted by Gasteiger charge is 2.24. The average molecular weight is 405 g/mol. The van der Waals surface area contributed by atoms with Crippen molar-refractivity contribution in [2.45, 2.75) is 38.9 Å². The van der Waals surface area contributed by atoms with Crippen LogP contribution in [-0.2, 0) is 13.1 Å². The molecule has 2 aromatic carbocycles. The van der Waals surface area contributed by atoms with E-state index in [4.69, 9.17) is 4.74 Å². The number of nitrogens with zero attached hydrogens (tertiary/aromatic N) is 4. The minimum absolute atomic E-state index is 0.589. The van der Waals surface area contributed by atoms with Crippen LogP contribution >= 0.6 is 0 Å². The van der Waals surface area contributed by atoms with E-state index in [9.17, 15) is 0 Å². The summed E-state index contributed by atoms with van der Waals surface area (Å²) >= 11 is 0. The molecule has 0 radical (unpaired) electrons. The number of benzene rings is 2. The van der Waals surface area contributed by atoms with Crippen LogP contribution in [0.1, 0.15) is 29.5 Å². The lowest BCUT2D eigenvalue weighted by Gasteiger charge is -2.37. The maximum absolute atomic E-state index is 5.32. The average Bonchev–Trinajstić information content (AvgIpc) is 3.23. The second-order valence-corrected chi connectivity index (χ2v) is 8.42. The lowest BCUT2D eigenvalue weighted by Crippen LogP contribution is -2.43. The van der Waals surface area contributed by atoms with Gasteiger partial charge in [-0.3, -0.25) is 4.90 Å². The molecule has 1 aromatic heterocycles. The first-order valence-corrected chi connectivity index (χ1v) is 10.8. The van der Waals surface area contributed by atoms with Gasteiger partial charge in [-0.2, -0.15) is 5.10 Å². The molecule has 5 heteroatoms. The van der Waals surface area contributed by atoms with Crippen LogP contribution in [0.15, 0.2) is 60.9 Å². The van der Waals surface area contributed by atoms with Crippen molar-refractivity contribution in [3.63, 3.8) is 0 Å². The minimum Gasteiger partial charge on any atom is -0.497 e. The van der Waals surface area contributed by atoms with Gasteiger partial charge in [-0.15, -0.1) is 0 Å². The first-order chi connectivity index (χ1) is 14.6. The Morgan fingerprint density at radius 3 is 2.30 bits per heavy atom. The van der Waals surface area contributed by atoms with Gasteiger partial charge in [0.1, 0.15) is 5.75 Å². The van der Waals surface area contributed by atoms with E-state index in [1.165, 1.54) is 29.5 Å². The molecular weight excluding hydrogens is 372 g/mol. The number of hydrogen-bond acceptors (Lipinski definition) is 4. The van der Waals surface area contributed by atoms with Crippen molar-refractivity contribution in [1.29, 1.82) is 0 Å². The van der Waals surface area contributed by atoms with Crippen LogP contribution in [0, 0.1) is 6.92 Å². The molecule has 30 heavy (non-hydrogen) atoms. The van der Waals surface area contributed by atoms with E-state index in [-0.39, 0.29) is 0 Å². The zero-order valence-corrected chi connectivity index (χ0v) is 18.3. The minimum atomic E-state index is 0.589. The second-order valence-electron chi connectivity index (χ2n) is 8.42. The summed E-state index contributed by atoms with van der Waals surface area (Å²) in [5.74, 6) is 0.906. The predicted molar refractivity (Wildman–Crippen MR) is 121 cm³/mol. The summed E-state index contributed by atoms with van der Waals surface area (Å²) in [5, 5.41) is 4.62. The Labute approximate surface area is 179 Å². The number of ether oxygens (including phenoxy) is 1. The molecule has 3 aromatic rings. The summed E-state index contributed by atoms with van der Waals surface area (Å²) < 4.78 is 7.30. The summed E-state index contributed by atoms with van der Waals surface area (Å²) in [7, 11) is 3.93. The third-order valence-corrected chi connectivity index (χ3v) is 6.07. The fraction of sp³-hybridized carbons (Fsp3) is 0.400. The molecule has 0 spiro atoms. The molecule has 0 amide bonds. The highest BCUT2D eigenvalue weighted by atomic mass is 16.5. The third-order valence-electron chi connectivity index (χ3n) is 6.07. The molecular formula is C25H32N4O. The maximum atomic E-state index is 5.32. The first kappa shape index (κ1) is 20.6. The predicted octanol–water partition coefficient (Wildman–Crippen LogP) is 4.29. The molecule has 0 saturated carbocycles. The van der Waals surface area contributed by atoms with Crippen molar-refractivity contribution in [3.8, 4) is 11.4 Å². The van der Waals surface area contributed by atoms with Gasteiger partial charge in [0, 0.05) is 30.9 Å². The third kappa shape index (κ3) is 5.10. The first-order valence-electron chi connectivity index (χ1n) is 10.8. The highest BCUT2D eigenvalue weighted by molar-refractivity contribution is 5.34. The normalized spacial score (nSPS) is 15.6. The number of methoxy groups -OCH3 is 1. The van der Waals surface area contributed by atoms with E-state index >= 15 is 0 Å². The molecule has 0 N–H and O–H groups in total. The van der Waals surface area contributed by atoms with Crippen molar-refractivity contribution in [1.82, 2.24) is 19.6 Å². The molecule has 158 valence electrons. The number of rotatable bonds is 7. The smallest absolute Gasteiger partial charge is 0.118 e. The summed E-state index contributed by atoms with van der Waals surface area (Å²) in [6, 6.07) is 17.6. The van der Waals surface area contributed by atoms with Crippen LogP contribution in [0.5, 0.6) is 5.75 Å². The Kier molecular flexibility index (Phi) is 6.50. The molecule has 2 heterocycles. The van der Waals surface area contributed by atoms with E-state index in [1.807, 2.05) is 10.9 Å². The summed E-state index contributed by atoms with van der Waals surface area (Å²) in [6.07, 6.45) is 6.59. The van der Waals surface area contributed by atoms with Crippen molar-refractivity contribution >= 4 is 0 Å². The SMILES string of the molecule is COc1ccc(CN(Cc2cnn(-c3ccc(C)cc3)c2)C2CCN(C)CC2)cc1. The van der Waals surface area contributed by atoms with Gasteiger partial charge in [0.05, 0.1) is 19.0 Å². The van der Waals surface area contributed by atoms with Crippen LogP contribution in [0.2, 0.25) is 0 Å². The molecule has 0 bridgehead atoms. The molecule has 4 rings (SSSR count). The van der Waals surface area contributed by atoms with E-state index in [2.05, 4.69) is 83.6 Å². The van der Waals surface area contributed by atoms with Gasteiger partial charge in [-0.05, 0) is 69.7 Å². The molecule has 1 aliphatic rings. The van der Waals surface area contributed by atoms with E-state index in [0.29, 0.717) is 6.04 Å². The van der Waals surface area contributed by atoms with Gasteiger partial charge >= 0.3 is 0 Å². The van der Waals surface area contributed by atoms with Crippen molar-refractivity contribution in [2.24, 2.45) is 0 Å². The van der Waals surface area contributed by atoms with E-state index < -0.39 is 0 Å². The fourth-order valence-corrected chi connectivity index (χ4v) is 4.15. The van der Waals surface area contributed by atoms with Gasteiger partial charge in [0.15, 0.2) is 0 Å². The number of aryl methyl sites for hydroxylation is 1. The Balaban J connectivity index is 1.51. The number of piperidine rings is 1. The van der Waals surface area contributed by atoms with Crippen LogP contribution in [0.4, 0.5) is 0 Å². The summed E-state index contributed by atoms with van der Waals surface area (Å²) in [5.41, 5.74) is 4.94. The standard InChI is InChI=1S/C25H32N4O/c1-20-4-8-24(9-5-20)29-19-22(16-26-29)18-28(23-12-14-27(2)15-13-23)17-21-6-10-25(30-3)11-7-21/h4-11,16,19,23H,12-15,17-18H2,1-3H3. The van der Waals surface area contributed by atoms with Crippen LogP contribution < -0.4 is 4.74 Å². The lowest BCUT2D eigenvalue weighted by atomic mass is 10.0. The molecule has 1 fully saturated rings. The number of aromatic nitrogens is 2. The lowest BCUT2D eigenvalue weighted by molar-refractivity contribution is 0.108. The quantitative estimate of drug-likeness (QED) is 0.588. The molecule has 1 saturated heterocycles. The summed E-state index contributed by atoms with van der Waals surface area (Å²) in [4.78, 5) is 5.04. The van der Waals surface area contributed by atoms with E-state index in [1.54, 1.807) is 7.11 Å². The zero-order chi connectivity index (χ0) is 20.9. The molecule has 0 unspecified atom stereocenters. The number of likely N-dealkylation sites (tertiary alicyclic amines) is 1. The van der Waals surface area contributed by atoms with Gasteiger partial charge in [-0.25, -0.2) is 4.68 Å². The highest BCUT2D eigenvalue weighted by Crippen LogP contribution is 2.22. The van der Waals surface area contributed by atoms with Gasteiger partial charge < -0.3 is 9.64 Å². The van der Waals surface area contributed by atoms with Crippen LogP contribution in [0.3, 0.4) is 0 Å². The van der Waals surface area contributed by atoms with Gasteiger partial charge in [-0.1, -0.05) is 29.8 Å². The Bertz CT molecular complexity index is 925. The Morgan fingerprint density at radius 1 is 0.967 bits per heavy atom. The van der Waals surface area contributed by atoms with E-state index in [0.717, 1.165) is 37.6 Å².